The van der Waals surface area contributed by atoms with E-state index < -0.39 is 16.1 Å². The van der Waals surface area contributed by atoms with Crippen LogP contribution in [0.25, 0.3) is 0 Å². The zero-order chi connectivity index (χ0) is 30.2. The van der Waals surface area contributed by atoms with Crippen molar-refractivity contribution < 1.29 is 18.0 Å². The SMILES string of the molecule is Cc1cc(C)cc(N(CCCC(=O)N(Cc2cccc(Cl)c2)[C@@H](Cc2ccccc2)C(=O)NC(C)C)S(C)(=O)=O)c1. The molecule has 0 spiro atoms. The molecule has 0 heterocycles. The minimum Gasteiger partial charge on any atom is -0.352 e. The summed E-state index contributed by atoms with van der Waals surface area (Å²) in [5, 5.41) is 3.52. The van der Waals surface area contributed by atoms with E-state index in [0.29, 0.717) is 17.1 Å². The van der Waals surface area contributed by atoms with Gasteiger partial charge in [0.05, 0.1) is 11.9 Å². The number of benzene rings is 3. The van der Waals surface area contributed by atoms with E-state index in [9.17, 15) is 18.0 Å². The molecular formula is C32H40ClN3O4S. The summed E-state index contributed by atoms with van der Waals surface area (Å²) in [4.78, 5) is 29.0. The first-order chi connectivity index (χ1) is 19.3. The first kappa shape index (κ1) is 32.2. The lowest BCUT2D eigenvalue weighted by Crippen LogP contribution is -2.51. The van der Waals surface area contributed by atoms with Crippen molar-refractivity contribution in [2.75, 3.05) is 17.1 Å². The molecule has 3 rings (SSSR count). The van der Waals surface area contributed by atoms with E-state index in [1.54, 1.807) is 17.0 Å². The van der Waals surface area contributed by atoms with E-state index in [1.165, 1.54) is 10.6 Å². The molecule has 3 aromatic carbocycles. The number of aryl methyl sites for hydroxylation is 2. The molecule has 220 valence electrons. The van der Waals surface area contributed by atoms with Crippen molar-refractivity contribution in [1.29, 1.82) is 0 Å². The molecule has 41 heavy (non-hydrogen) atoms. The molecule has 0 bridgehead atoms. The highest BCUT2D eigenvalue weighted by Gasteiger charge is 2.31. The summed E-state index contributed by atoms with van der Waals surface area (Å²) in [6, 6.07) is 21.6. The molecule has 1 N–H and O–H groups in total. The Kier molecular flexibility index (Phi) is 11.4. The molecule has 9 heteroatoms. The van der Waals surface area contributed by atoms with Crippen LogP contribution in [-0.2, 0) is 32.6 Å². The minimum atomic E-state index is -3.58. The number of anilines is 1. The number of nitrogens with zero attached hydrogens (tertiary/aromatic N) is 2. The number of rotatable bonds is 13. The van der Waals surface area contributed by atoms with E-state index in [-0.39, 0.29) is 43.8 Å². The second-order valence-corrected chi connectivity index (χ2v) is 13.1. The van der Waals surface area contributed by atoms with Crippen LogP contribution in [0.15, 0.2) is 72.8 Å². The van der Waals surface area contributed by atoms with Crippen molar-refractivity contribution >= 4 is 39.1 Å². The van der Waals surface area contributed by atoms with Gasteiger partial charge in [0, 0.05) is 37.0 Å². The van der Waals surface area contributed by atoms with Crippen molar-refractivity contribution in [2.45, 2.75) is 65.6 Å². The summed E-state index contributed by atoms with van der Waals surface area (Å²) in [6.07, 6.45) is 1.86. The third kappa shape index (κ3) is 9.90. The van der Waals surface area contributed by atoms with Crippen molar-refractivity contribution in [3.05, 3.63) is 100 Å². The predicted octanol–water partition coefficient (Wildman–Crippen LogP) is 5.67. The van der Waals surface area contributed by atoms with Crippen LogP contribution in [-0.4, -0.2) is 50.0 Å². The maximum Gasteiger partial charge on any atom is 0.243 e. The van der Waals surface area contributed by atoms with Gasteiger partial charge in [-0.25, -0.2) is 8.42 Å². The van der Waals surface area contributed by atoms with Crippen molar-refractivity contribution in [1.82, 2.24) is 10.2 Å². The van der Waals surface area contributed by atoms with Gasteiger partial charge >= 0.3 is 0 Å². The lowest BCUT2D eigenvalue weighted by Gasteiger charge is -2.32. The first-order valence-corrected chi connectivity index (χ1v) is 16.0. The van der Waals surface area contributed by atoms with Gasteiger partial charge in [-0.3, -0.25) is 13.9 Å². The summed E-state index contributed by atoms with van der Waals surface area (Å²) in [7, 11) is -3.58. The maximum absolute atomic E-state index is 13.9. The largest absolute Gasteiger partial charge is 0.352 e. The van der Waals surface area contributed by atoms with Crippen LogP contribution in [0.2, 0.25) is 5.02 Å². The number of carbonyl (C=O) groups is 2. The molecule has 0 aliphatic heterocycles. The lowest BCUT2D eigenvalue weighted by atomic mass is 10.0. The minimum absolute atomic E-state index is 0.0671. The van der Waals surface area contributed by atoms with Gasteiger partial charge in [-0.1, -0.05) is 60.1 Å². The standard InChI is InChI=1S/C32H40ClN3O4S/c1-23(2)34-32(38)30(21-26-11-7-6-8-12-26)35(22-27-13-9-14-28(33)20-27)31(37)15-10-16-36(41(5,39)40)29-18-24(3)17-25(4)19-29/h6-9,11-14,17-20,23,30H,10,15-16,21-22H2,1-5H3,(H,34,38)/t30-/m0/s1. The van der Waals surface area contributed by atoms with E-state index in [1.807, 2.05) is 88.4 Å². The molecule has 3 aromatic rings. The monoisotopic (exact) mass is 597 g/mol. The molecule has 0 fully saturated rings. The van der Waals surface area contributed by atoms with E-state index in [4.69, 9.17) is 11.6 Å². The fourth-order valence-electron chi connectivity index (χ4n) is 4.87. The van der Waals surface area contributed by atoms with Gasteiger partial charge < -0.3 is 10.2 Å². The topological polar surface area (TPSA) is 86.8 Å². The summed E-state index contributed by atoms with van der Waals surface area (Å²) in [5.41, 5.74) is 4.22. The Hall–Kier alpha value is -3.36. The Balaban J connectivity index is 1.89. The molecule has 1 atom stereocenters. The number of carbonyl (C=O) groups excluding carboxylic acids is 2. The Morgan fingerprint density at radius 3 is 2.12 bits per heavy atom. The number of hydrogen-bond acceptors (Lipinski definition) is 4. The third-order valence-corrected chi connectivity index (χ3v) is 8.02. The van der Waals surface area contributed by atoms with Crippen molar-refractivity contribution in [2.24, 2.45) is 0 Å². The van der Waals surface area contributed by atoms with Crippen LogP contribution < -0.4 is 9.62 Å². The normalized spacial score (nSPS) is 12.2. The molecule has 0 aliphatic carbocycles. The van der Waals surface area contributed by atoms with Crippen LogP contribution >= 0.6 is 11.6 Å². The molecule has 0 radical (unpaired) electrons. The fourth-order valence-corrected chi connectivity index (χ4v) is 6.03. The molecule has 0 unspecified atom stereocenters. The number of amides is 2. The molecule has 0 saturated carbocycles. The molecular weight excluding hydrogens is 558 g/mol. The number of halogens is 1. The van der Waals surface area contributed by atoms with E-state index in [2.05, 4.69) is 5.32 Å². The quantitative estimate of drug-likeness (QED) is 0.275. The number of sulfonamides is 1. The number of nitrogens with one attached hydrogen (secondary N) is 1. The van der Waals surface area contributed by atoms with Crippen LogP contribution in [0, 0.1) is 13.8 Å². The first-order valence-electron chi connectivity index (χ1n) is 13.8. The molecule has 0 aliphatic rings. The van der Waals surface area contributed by atoms with Gasteiger partial charge in [0.15, 0.2) is 0 Å². The second kappa shape index (κ2) is 14.5. The average molecular weight is 598 g/mol. The second-order valence-electron chi connectivity index (χ2n) is 10.8. The molecule has 0 saturated heterocycles. The Bertz CT molecular complexity index is 1420. The Labute approximate surface area is 249 Å². The van der Waals surface area contributed by atoms with Gasteiger partial charge in [-0.05, 0) is 80.6 Å². The highest BCUT2D eigenvalue weighted by atomic mass is 35.5. The highest BCUT2D eigenvalue weighted by Crippen LogP contribution is 2.23. The Morgan fingerprint density at radius 1 is 0.902 bits per heavy atom. The summed E-state index contributed by atoms with van der Waals surface area (Å²) in [6.45, 7) is 7.93. The predicted molar refractivity (Wildman–Crippen MR) is 167 cm³/mol. The Morgan fingerprint density at radius 2 is 1.54 bits per heavy atom. The third-order valence-electron chi connectivity index (χ3n) is 6.59. The van der Waals surface area contributed by atoms with Gasteiger partial charge in [0.1, 0.15) is 6.04 Å². The van der Waals surface area contributed by atoms with Crippen LogP contribution in [0.5, 0.6) is 0 Å². The zero-order valence-corrected chi connectivity index (χ0v) is 26.0. The summed E-state index contributed by atoms with van der Waals surface area (Å²) >= 11 is 6.25. The van der Waals surface area contributed by atoms with Gasteiger partial charge in [0.2, 0.25) is 21.8 Å². The molecule has 0 aromatic heterocycles. The van der Waals surface area contributed by atoms with Crippen LogP contribution in [0.4, 0.5) is 5.69 Å². The van der Waals surface area contributed by atoms with Gasteiger partial charge in [-0.15, -0.1) is 0 Å². The lowest BCUT2D eigenvalue weighted by molar-refractivity contribution is -0.141. The van der Waals surface area contributed by atoms with Crippen molar-refractivity contribution in [3.8, 4) is 0 Å². The van der Waals surface area contributed by atoms with E-state index in [0.717, 1.165) is 22.3 Å². The van der Waals surface area contributed by atoms with Crippen LogP contribution in [0.3, 0.4) is 0 Å². The molecule has 2 amide bonds. The zero-order valence-electron chi connectivity index (χ0n) is 24.4. The van der Waals surface area contributed by atoms with Crippen LogP contribution in [0.1, 0.15) is 48.9 Å². The highest BCUT2D eigenvalue weighted by molar-refractivity contribution is 7.92. The summed E-state index contributed by atoms with van der Waals surface area (Å²) < 4.78 is 26.8. The number of hydrogen-bond donors (Lipinski definition) is 1. The fraction of sp³-hybridized carbons (Fsp3) is 0.375. The van der Waals surface area contributed by atoms with E-state index >= 15 is 0 Å². The van der Waals surface area contributed by atoms with Gasteiger partial charge in [-0.2, -0.15) is 0 Å². The van der Waals surface area contributed by atoms with Gasteiger partial charge in [0.25, 0.3) is 0 Å². The average Bonchev–Trinajstić information content (AvgIpc) is 2.87. The maximum atomic E-state index is 13.9. The molecule has 7 nitrogen and oxygen atoms in total. The smallest absolute Gasteiger partial charge is 0.243 e. The van der Waals surface area contributed by atoms with Crippen molar-refractivity contribution in [3.63, 3.8) is 0 Å². The summed E-state index contributed by atoms with van der Waals surface area (Å²) in [5.74, 6) is -0.481.